The van der Waals surface area contributed by atoms with Gasteiger partial charge in [-0.1, -0.05) is 12.1 Å². The summed E-state index contributed by atoms with van der Waals surface area (Å²) < 4.78 is 4.66. The maximum absolute atomic E-state index is 12.1. The molecule has 1 N–H and O–H groups in total. The van der Waals surface area contributed by atoms with Crippen LogP contribution in [0.3, 0.4) is 0 Å². The molecule has 0 aliphatic carbocycles. The minimum absolute atomic E-state index is 0.287. The van der Waals surface area contributed by atoms with Gasteiger partial charge in [0.25, 0.3) is 5.91 Å². The highest BCUT2D eigenvalue weighted by molar-refractivity contribution is 7.14. The largest absolute Gasteiger partial charge is 0.465 e. The summed E-state index contributed by atoms with van der Waals surface area (Å²) in [4.78, 5) is 23.7. The van der Waals surface area contributed by atoms with Crippen LogP contribution < -0.4 is 5.32 Å². The number of benzene rings is 1. The Hall–Kier alpha value is -1.85. The van der Waals surface area contributed by atoms with Crippen LogP contribution in [-0.2, 0) is 10.6 Å². The van der Waals surface area contributed by atoms with Gasteiger partial charge in [-0.2, -0.15) is 0 Å². The molecule has 1 amide bonds. The number of anilines is 1. The molecule has 0 bridgehead atoms. The number of carbonyl (C=O) groups excluding carboxylic acids is 2. The van der Waals surface area contributed by atoms with Crippen LogP contribution in [0.1, 0.15) is 26.3 Å². The molecule has 20 heavy (non-hydrogen) atoms. The number of thiophene rings is 1. The molecule has 0 unspecified atom stereocenters. The SMILES string of the molecule is COC(=O)c1ccsc1NC(=O)c1cccc(CCl)c1. The third-order valence-corrected chi connectivity index (χ3v) is 3.78. The first-order valence-electron chi connectivity index (χ1n) is 5.77. The summed E-state index contributed by atoms with van der Waals surface area (Å²) in [6, 6.07) is 8.63. The zero-order valence-electron chi connectivity index (χ0n) is 10.7. The predicted molar refractivity (Wildman–Crippen MR) is 79.6 cm³/mol. The Kier molecular flexibility index (Phi) is 4.76. The second kappa shape index (κ2) is 6.54. The number of alkyl halides is 1. The van der Waals surface area contributed by atoms with Gasteiger partial charge in [-0.25, -0.2) is 4.79 Å². The van der Waals surface area contributed by atoms with E-state index in [1.165, 1.54) is 18.4 Å². The van der Waals surface area contributed by atoms with E-state index in [1.54, 1.807) is 29.6 Å². The zero-order chi connectivity index (χ0) is 14.5. The molecule has 0 spiro atoms. The fraction of sp³-hybridized carbons (Fsp3) is 0.143. The van der Waals surface area contributed by atoms with Gasteiger partial charge in [-0.3, -0.25) is 4.79 Å². The van der Waals surface area contributed by atoms with E-state index in [0.717, 1.165) is 5.56 Å². The topological polar surface area (TPSA) is 55.4 Å². The van der Waals surface area contributed by atoms with Gasteiger partial charge in [0.1, 0.15) is 5.00 Å². The minimum atomic E-state index is -0.476. The lowest BCUT2D eigenvalue weighted by molar-refractivity contribution is 0.0602. The molecule has 0 radical (unpaired) electrons. The summed E-state index contributed by atoms with van der Waals surface area (Å²) in [5.41, 5.74) is 1.70. The van der Waals surface area contributed by atoms with Crippen molar-refractivity contribution in [2.24, 2.45) is 0 Å². The monoisotopic (exact) mass is 309 g/mol. The molecule has 1 heterocycles. The van der Waals surface area contributed by atoms with Gasteiger partial charge < -0.3 is 10.1 Å². The number of carbonyl (C=O) groups is 2. The Balaban J connectivity index is 2.19. The van der Waals surface area contributed by atoms with Crippen LogP contribution >= 0.6 is 22.9 Å². The number of amides is 1. The number of rotatable bonds is 4. The summed E-state index contributed by atoms with van der Waals surface area (Å²) >= 11 is 7.01. The van der Waals surface area contributed by atoms with Crippen molar-refractivity contribution >= 4 is 39.8 Å². The van der Waals surface area contributed by atoms with Crippen LogP contribution in [0.15, 0.2) is 35.7 Å². The fourth-order valence-corrected chi connectivity index (χ4v) is 2.58. The Labute approximate surface area is 125 Å². The number of nitrogens with one attached hydrogen (secondary N) is 1. The predicted octanol–water partition coefficient (Wildman–Crippen LogP) is 3.53. The molecular formula is C14H12ClNO3S. The highest BCUT2D eigenvalue weighted by atomic mass is 35.5. The molecule has 1 aromatic carbocycles. The average Bonchev–Trinajstić information content (AvgIpc) is 2.94. The first kappa shape index (κ1) is 14.6. The lowest BCUT2D eigenvalue weighted by atomic mass is 10.1. The van der Waals surface area contributed by atoms with Gasteiger partial charge in [0, 0.05) is 11.4 Å². The summed E-state index contributed by atoms with van der Waals surface area (Å²) in [5.74, 6) is -0.423. The van der Waals surface area contributed by atoms with E-state index < -0.39 is 5.97 Å². The van der Waals surface area contributed by atoms with E-state index in [1.807, 2.05) is 6.07 Å². The van der Waals surface area contributed by atoms with Gasteiger partial charge in [-0.05, 0) is 29.1 Å². The van der Waals surface area contributed by atoms with Crippen LogP contribution in [0.4, 0.5) is 5.00 Å². The van der Waals surface area contributed by atoms with Crippen molar-refractivity contribution in [1.29, 1.82) is 0 Å². The van der Waals surface area contributed by atoms with Crippen molar-refractivity contribution in [3.05, 3.63) is 52.4 Å². The lowest BCUT2D eigenvalue weighted by Crippen LogP contribution is -2.13. The molecule has 0 saturated carbocycles. The quantitative estimate of drug-likeness (QED) is 0.694. The smallest absolute Gasteiger partial charge is 0.340 e. The van der Waals surface area contributed by atoms with Gasteiger partial charge in [0.05, 0.1) is 12.7 Å². The maximum Gasteiger partial charge on any atom is 0.340 e. The van der Waals surface area contributed by atoms with Gasteiger partial charge in [0.2, 0.25) is 0 Å². The van der Waals surface area contributed by atoms with Crippen molar-refractivity contribution in [1.82, 2.24) is 0 Å². The summed E-state index contributed by atoms with van der Waals surface area (Å²) in [6.07, 6.45) is 0. The average molecular weight is 310 g/mol. The van der Waals surface area contributed by atoms with Crippen molar-refractivity contribution in [3.8, 4) is 0 Å². The fourth-order valence-electron chi connectivity index (χ4n) is 1.65. The van der Waals surface area contributed by atoms with Crippen LogP contribution in [0.25, 0.3) is 0 Å². The first-order valence-corrected chi connectivity index (χ1v) is 7.19. The number of hydrogen-bond acceptors (Lipinski definition) is 4. The minimum Gasteiger partial charge on any atom is -0.465 e. The second-order valence-corrected chi connectivity index (χ2v) is 5.13. The third-order valence-electron chi connectivity index (χ3n) is 2.64. The van der Waals surface area contributed by atoms with Crippen LogP contribution in [-0.4, -0.2) is 19.0 Å². The Morgan fingerprint density at radius 3 is 2.85 bits per heavy atom. The molecule has 2 rings (SSSR count). The van der Waals surface area contributed by atoms with Crippen LogP contribution in [0.5, 0.6) is 0 Å². The molecule has 6 heteroatoms. The molecule has 104 valence electrons. The molecular weight excluding hydrogens is 298 g/mol. The van der Waals surface area contributed by atoms with Crippen molar-refractivity contribution in [2.75, 3.05) is 12.4 Å². The molecule has 0 aliphatic rings. The number of ether oxygens (including phenoxy) is 1. The number of halogens is 1. The molecule has 0 aliphatic heterocycles. The molecule has 1 aromatic heterocycles. The second-order valence-electron chi connectivity index (χ2n) is 3.94. The van der Waals surface area contributed by atoms with Crippen LogP contribution in [0.2, 0.25) is 0 Å². The van der Waals surface area contributed by atoms with Gasteiger partial charge in [-0.15, -0.1) is 22.9 Å². The van der Waals surface area contributed by atoms with E-state index in [2.05, 4.69) is 10.1 Å². The molecule has 4 nitrogen and oxygen atoms in total. The Morgan fingerprint density at radius 1 is 1.35 bits per heavy atom. The van der Waals surface area contributed by atoms with Crippen molar-refractivity contribution < 1.29 is 14.3 Å². The number of esters is 1. The third kappa shape index (κ3) is 3.18. The number of hydrogen-bond donors (Lipinski definition) is 1. The van der Waals surface area contributed by atoms with E-state index >= 15 is 0 Å². The normalized spacial score (nSPS) is 10.1. The van der Waals surface area contributed by atoms with E-state index in [-0.39, 0.29) is 5.91 Å². The molecule has 2 aromatic rings. The molecule has 0 fully saturated rings. The maximum atomic E-state index is 12.1. The highest BCUT2D eigenvalue weighted by Crippen LogP contribution is 2.24. The first-order chi connectivity index (χ1) is 9.65. The highest BCUT2D eigenvalue weighted by Gasteiger charge is 2.16. The van der Waals surface area contributed by atoms with Gasteiger partial charge in [0.15, 0.2) is 0 Å². The zero-order valence-corrected chi connectivity index (χ0v) is 12.3. The van der Waals surface area contributed by atoms with E-state index in [0.29, 0.717) is 22.0 Å². The molecule has 0 atom stereocenters. The van der Waals surface area contributed by atoms with Crippen molar-refractivity contribution in [2.45, 2.75) is 5.88 Å². The lowest BCUT2D eigenvalue weighted by Gasteiger charge is -2.06. The summed E-state index contributed by atoms with van der Waals surface area (Å²) in [7, 11) is 1.30. The Bertz CT molecular complexity index is 639. The van der Waals surface area contributed by atoms with E-state index in [9.17, 15) is 9.59 Å². The van der Waals surface area contributed by atoms with E-state index in [4.69, 9.17) is 11.6 Å². The molecule has 0 saturated heterocycles. The van der Waals surface area contributed by atoms with Crippen molar-refractivity contribution in [3.63, 3.8) is 0 Å². The summed E-state index contributed by atoms with van der Waals surface area (Å²) in [6.45, 7) is 0. The van der Waals surface area contributed by atoms with Gasteiger partial charge >= 0.3 is 5.97 Å². The Morgan fingerprint density at radius 2 is 2.15 bits per heavy atom. The standard InChI is InChI=1S/C14H12ClNO3S/c1-19-14(18)11-5-6-20-13(11)16-12(17)10-4-2-3-9(7-10)8-15/h2-7H,8H2,1H3,(H,16,17). The van der Waals surface area contributed by atoms with Crippen LogP contribution in [0, 0.1) is 0 Å². The number of methoxy groups -OCH3 is 1. The summed E-state index contributed by atoms with van der Waals surface area (Å²) in [5, 5.41) is 4.90.